The summed E-state index contributed by atoms with van der Waals surface area (Å²) in [5, 5.41) is 3.09. The van der Waals surface area contributed by atoms with Crippen LogP contribution in [0.4, 0.5) is 5.69 Å². The molecule has 1 saturated carbocycles. The van der Waals surface area contributed by atoms with E-state index in [-0.39, 0.29) is 11.8 Å². The number of amides is 1. The summed E-state index contributed by atoms with van der Waals surface area (Å²) >= 11 is 0. The molecular weight excluding hydrogens is 284 g/mol. The number of nitrogens with zero attached hydrogens (tertiary/aromatic N) is 1. The second-order valence-electron chi connectivity index (χ2n) is 5.76. The average molecular weight is 304 g/mol. The van der Waals surface area contributed by atoms with E-state index in [1.54, 1.807) is 0 Å². The van der Waals surface area contributed by atoms with E-state index in [0.29, 0.717) is 0 Å². The van der Waals surface area contributed by atoms with Crippen LogP contribution in [-0.2, 0) is 4.79 Å². The summed E-state index contributed by atoms with van der Waals surface area (Å²) in [5.41, 5.74) is 3.47. The molecule has 0 radical (unpaired) electrons. The monoisotopic (exact) mass is 304 g/mol. The molecule has 1 amide bonds. The normalized spacial score (nSPS) is 14.9. The molecular formula is C20H20N2O. The van der Waals surface area contributed by atoms with Crippen molar-refractivity contribution in [3.05, 3.63) is 65.7 Å². The Morgan fingerprint density at radius 2 is 1.78 bits per heavy atom. The van der Waals surface area contributed by atoms with Crippen LogP contribution in [-0.4, -0.2) is 12.6 Å². The van der Waals surface area contributed by atoms with Crippen molar-refractivity contribution in [1.82, 2.24) is 5.32 Å². The van der Waals surface area contributed by atoms with E-state index < -0.39 is 0 Å². The van der Waals surface area contributed by atoms with Crippen LogP contribution in [0.5, 0.6) is 0 Å². The van der Waals surface area contributed by atoms with E-state index in [0.717, 1.165) is 41.8 Å². The highest BCUT2D eigenvalue weighted by atomic mass is 16.1. The summed E-state index contributed by atoms with van der Waals surface area (Å²) in [4.78, 5) is 16.5. The number of carbonyl (C=O) groups excluding carboxylic acids is 1. The summed E-state index contributed by atoms with van der Waals surface area (Å²) in [6.07, 6.45) is 5.08. The van der Waals surface area contributed by atoms with Gasteiger partial charge in [-0.3, -0.25) is 9.79 Å². The molecule has 1 fully saturated rings. The minimum Gasteiger partial charge on any atom is -0.325 e. The summed E-state index contributed by atoms with van der Waals surface area (Å²) < 4.78 is 0. The van der Waals surface area contributed by atoms with Crippen LogP contribution in [0, 0.1) is 5.92 Å². The van der Waals surface area contributed by atoms with Crippen molar-refractivity contribution in [2.24, 2.45) is 10.9 Å². The molecule has 1 aliphatic rings. The van der Waals surface area contributed by atoms with Gasteiger partial charge < -0.3 is 5.32 Å². The maximum atomic E-state index is 12.4. The quantitative estimate of drug-likeness (QED) is 0.644. The zero-order valence-electron chi connectivity index (χ0n) is 13.0. The van der Waals surface area contributed by atoms with Crippen molar-refractivity contribution in [1.29, 1.82) is 0 Å². The number of para-hydroxylation sites is 1. The summed E-state index contributed by atoms with van der Waals surface area (Å²) in [7, 11) is 0. The van der Waals surface area contributed by atoms with Crippen LogP contribution in [0.3, 0.4) is 0 Å². The fourth-order valence-corrected chi connectivity index (χ4v) is 2.64. The van der Waals surface area contributed by atoms with Crippen molar-refractivity contribution in [3.63, 3.8) is 0 Å². The highest BCUT2D eigenvalue weighted by Crippen LogP contribution is 2.30. The zero-order chi connectivity index (χ0) is 16.1. The number of hydrogen-bond donors (Lipinski definition) is 1. The van der Waals surface area contributed by atoms with E-state index >= 15 is 0 Å². The molecule has 3 nitrogen and oxygen atoms in total. The lowest BCUT2D eigenvalue weighted by Gasteiger charge is -2.25. The molecule has 0 atom stereocenters. The van der Waals surface area contributed by atoms with Gasteiger partial charge >= 0.3 is 0 Å². The predicted molar refractivity (Wildman–Crippen MR) is 95.4 cm³/mol. The first-order valence-corrected chi connectivity index (χ1v) is 7.91. The Balaban J connectivity index is 1.97. The topological polar surface area (TPSA) is 41.5 Å². The molecule has 0 spiro atoms. The van der Waals surface area contributed by atoms with E-state index in [4.69, 9.17) is 0 Å². The lowest BCUT2D eigenvalue weighted by atomic mass is 9.84. The first-order valence-electron chi connectivity index (χ1n) is 7.91. The second kappa shape index (κ2) is 7.05. The van der Waals surface area contributed by atoms with Gasteiger partial charge in [-0.1, -0.05) is 55.0 Å². The van der Waals surface area contributed by atoms with Gasteiger partial charge in [-0.2, -0.15) is 0 Å². The fraction of sp³-hybridized carbons (Fsp3) is 0.200. The van der Waals surface area contributed by atoms with E-state index in [1.165, 1.54) is 0 Å². The number of aliphatic imine (C=N–C) groups is 1. The van der Waals surface area contributed by atoms with Gasteiger partial charge in [0.1, 0.15) is 0 Å². The Morgan fingerprint density at radius 1 is 1.09 bits per heavy atom. The minimum atomic E-state index is 0.0947. The number of carbonyl (C=O) groups is 1. The molecule has 0 aliphatic heterocycles. The van der Waals surface area contributed by atoms with Crippen LogP contribution in [0.25, 0.3) is 11.8 Å². The molecule has 0 saturated heterocycles. The lowest BCUT2D eigenvalue weighted by Crippen LogP contribution is -2.33. The van der Waals surface area contributed by atoms with Crippen LogP contribution in [0.2, 0.25) is 0 Å². The third-order valence-corrected chi connectivity index (χ3v) is 4.21. The number of nitrogens with one attached hydrogen (secondary N) is 1. The zero-order valence-corrected chi connectivity index (χ0v) is 13.0. The molecule has 3 rings (SSSR count). The van der Waals surface area contributed by atoms with Crippen molar-refractivity contribution in [3.8, 4) is 0 Å². The maximum absolute atomic E-state index is 12.4. The van der Waals surface area contributed by atoms with Gasteiger partial charge in [0, 0.05) is 11.5 Å². The molecule has 1 aliphatic carbocycles. The van der Waals surface area contributed by atoms with Crippen LogP contribution < -0.4 is 5.32 Å². The van der Waals surface area contributed by atoms with Crippen molar-refractivity contribution < 1.29 is 4.79 Å². The highest BCUT2D eigenvalue weighted by molar-refractivity contribution is 5.95. The maximum Gasteiger partial charge on any atom is 0.227 e. The summed E-state index contributed by atoms with van der Waals surface area (Å²) in [6, 6.07) is 17.7. The number of rotatable bonds is 5. The number of benzene rings is 2. The Hall–Kier alpha value is -2.68. The van der Waals surface area contributed by atoms with Crippen LogP contribution >= 0.6 is 0 Å². The van der Waals surface area contributed by atoms with Gasteiger partial charge in [-0.25, -0.2) is 0 Å². The number of hydrogen-bond acceptors (Lipinski definition) is 2. The predicted octanol–water partition coefficient (Wildman–Crippen LogP) is 4.43. The minimum absolute atomic E-state index is 0.0947. The van der Waals surface area contributed by atoms with Gasteiger partial charge in [0.05, 0.1) is 11.4 Å². The van der Waals surface area contributed by atoms with Crippen molar-refractivity contribution >= 4 is 30.1 Å². The van der Waals surface area contributed by atoms with Gasteiger partial charge in [-0.15, -0.1) is 0 Å². The molecule has 0 heterocycles. The Morgan fingerprint density at radius 3 is 2.43 bits per heavy atom. The third kappa shape index (κ3) is 3.57. The highest BCUT2D eigenvalue weighted by Gasteiger charge is 2.26. The fourth-order valence-electron chi connectivity index (χ4n) is 2.64. The SMILES string of the molecule is C=Nc1ccccc1/C(=C\c1ccccc1)NC(=O)C1CCC1. The molecule has 2 aromatic rings. The molecule has 116 valence electrons. The Kier molecular flexibility index (Phi) is 4.67. The van der Waals surface area contributed by atoms with E-state index in [9.17, 15) is 4.79 Å². The first kappa shape index (κ1) is 15.2. The average Bonchev–Trinajstić information content (AvgIpc) is 2.53. The van der Waals surface area contributed by atoms with Gasteiger partial charge in [0.25, 0.3) is 0 Å². The van der Waals surface area contributed by atoms with Crippen LogP contribution in [0.15, 0.2) is 59.6 Å². The third-order valence-electron chi connectivity index (χ3n) is 4.21. The molecule has 2 aromatic carbocycles. The molecule has 23 heavy (non-hydrogen) atoms. The van der Waals surface area contributed by atoms with E-state index in [2.05, 4.69) is 17.0 Å². The molecule has 0 aromatic heterocycles. The Labute approximate surface area is 136 Å². The standard InChI is InChI=1S/C20H20N2O/c1-21-18-13-6-5-12-17(18)19(14-15-8-3-2-4-9-15)22-20(23)16-10-7-11-16/h2-6,8-9,12-14,16H,1,7,10-11H2,(H,22,23)/b19-14+. The largest absolute Gasteiger partial charge is 0.325 e. The molecule has 0 unspecified atom stereocenters. The molecule has 3 heteroatoms. The summed E-state index contributed by atoms with van der Waals surface area (Å²) in [5.74, 6) is 0.232. The lowest BCUT2D eigenvalue weighted by molar-refractivity contribution is -0.126. The smallest absolute Gasteiger partial charge is 0.227 e. The summed E-state index contributed by atoms with van der Waals surface area (Å²) in [6.45, 7) is 3.63. The molecule has 1 N–H and O–H groups in total. The van der Waals surface area contributed by atoms with Gasteiger partial charge in [-0.05, 0) is 37.3 Å². The van der Waals surface area contributed by atoms with E-state index in [1.807, 2.05) is 60.7 Å². The van der Waals surface area contributed by atoms with Gasteiger partial charge in [0.15, 0.2) is 0 Å². The van der Waals surface area contributed by atoms with Crippen molar-refractivity contribution in [2.75, 3.05) is 0 Å². The Bertz CT molecular complexity index is 730. The molecule has 0 bridgehead atoms. The van der Waals surface area contributed by atoms with Crippen molar-refractivity contribution in [2.45, 2.75) is 19.3 Å². The second-order valence-corrected chi connectivity index (χ2v) is 5.76. The van der Waals surface area contributed by atoms with Crippen LogP contribution in [0.1, 0.15) is 30.4 Å². The van der Waals surface area contributed by atoms with Gasteiger partial charge in [0.2, 0.25) is 5.91 Å². The first-order chi connectivity index (χ1) is 11.3.